The highest BCUT2D eigenvalue weighted by Crippen LogP contribution is 2.42. The lowest BCUT2D eigenvalue weighted by molar-refractivity contribution is -0.119. The predicted octanol–water partition coefficient (Wildman–Crippen LogP) is 7.69. The van der Waals surface area contributed by atoms with Crippen LogP contribution in [0.5, 0.6) is 5.75 Å². The van der Waals surface area contributed by atoms with E-state index in [1.54, 1.807) is 68.3 Å². The molecule has 0 unspecified atom stereocenters. The fraction of sp³-hybridized carbons (Fsp3) is 0.400. The van der Waals surface area contributed by atoms with Crippen molar-refractivity contribution >= 4 is 56.5 Å². The third-order valence-electron chi connectivity index (χ3n) is 9.64. The van der Waals surface area contributed by atoms with Gasteiger partial charge in [-0.2, -0.15) is 0 Å². The van der Waals surface area contributed by atoms with Gasteiger partial charge in [0.2, 0.25) is 5.91 Å². The summed E-state index contributed by atoms with van der Waals surface area (Å²) in [5.41, 5.74) is 3.07. The summed E-state index contributed by atoms with van der Waals surface area (Å²) >= 11 is 14.0. The van der Waals surface area contributed by atoms with Crippen LogP contribution in [0.3, 0.4) is 0 Å². The van der Waals surface area contributed by atoms with Gasteiger partial charge >= 0.3 is 6.09 Å². The van der Waals surface area contributed by atoms with E-state index in [0.717, 1.165) is 0 Å². The summed E-state index contributed by atoms with van der Waals surface area (Å²) in [5, 5.41) is 9.83. The van der Waals surface area contributed by atoms with Gasteiger partial charge in [-0.25, -0.2) is 22.6 Å². The number of pyridine rings is 2. The summed E-state index contributed by atoms with van der Waals surface area (Å²) in [6.07, 6.45) is 4.61. The van der Waals surface area contributed by atoms with Crippen LogP contribution in [0.15, 0.2) is 60.9 Å². The van der Waals surface area contributed by atoms with Gasteiger partial charge in [-0.05, 0) is 64.3 Å². The number of carbonyl (C=O) groups excluding carboxylic acids is 2. The van der Waals surface area contributed by atoms with Crippen molar-refractivity contribution < 1.29 is 31.9 Å². The SMILES string of the molecule is COc1cc(-c2nccc(-c3cccc(Nc4nccc(CNC5CCS(=O)(=O)CC5)c4F)c3Cl)c2Cl)ccc1CN(C[C@@H]1CCC(=O)N1)C(=O)OC(C)(C)C. The molecule has 4 heterocycles. The lowest BCUT2D eigenvalue weighted by Gasteiger charge is -2.29. The zero-order valence-corrected chi connectivity index (χ0v) is 34.0. The van der Waals surface area contributed by atoms with E-state index in [1.165, 1.54) is 13.3 Å². The summed E-state index contributed by atoms with van der Waals surface area (Å²) in [4.78, 5) is 35.5. The number of rotatable bonds is 12. The second-order valence-corrected chi connectivity index (χ2v) is 18.0. The Morgan fingerprint density at radius 2 is 1.73 bits per heavy atom. The molecule has 2 amide bonds. The maximum atomic E-state index is 15.7. The third-order valence-corrected chi connectivity index (χ3v) is 12.1. The molecule has 4 aromatic rings. The Kier molecular flexibility index (Phi) is 12.7. The van der Waals surface area contributed by atoms with Crippen LogP contribution in [0.4, 0.5) is 20.7 Å². The highest BCUT2D eigenvalue weighted by Gasteiger charge is 2.30. The van der Waals surface area contributed by atoms with Crippen LogP contribution in [0.1, 0.15) is 57.6 Å². The fourth-order valence-electron chi connectivity index (χ4n) is 6.71. The lowest BCUT2D eigenvalue weighted by Crippen LogP contribution is -2.43. The van der Waals surface area contributed by atoms with Crippen LogP contribution < -0.4 is 20.7 Å². The number of hydrogen-bond acceptors (Lipinski definition) is 10. The number of nitrogens with one attached hydrogen (secondary N) is 3. The van der Waals surface area contributed by atoms with Gasteiger partial charge < -0.3 is 30.3 Å². The van der Waals surface area contributed by atoms with E-state index in [4.69, 9.17) is 32.7 Å². The van der Waals surface area contributed by atoms with Crippen LogP contribution in [0, 0.1) is 5.82 Å². The second-order valence-electron chi connectivity index (χ2n) is 14.9. The number of sulfone groups is 1. The van der Waals surface area contributed by atoms with Crippen LogP contribution in [0.2, 0.25) is 10.0 Å². The van der Waals surface area contributed by atoms with Crippen molar-refractivity contribution in [2.45, 2.75) is 77.2 Å². The molecule has 16 heteroatoms. The van der Waals surface area contributed by atoms with Crippen LogP contribution >= 0.6 is 23.2 Å². The van der Waals surface area contributed by atoms with Gasteiger partial charge in [0.1, 0.15) is 21.2 Å². The zero-order chi connectivity index (χ0) is 40.2. The Morgan fingerprint density at radius 1 is 1.00 bits per heavy atom. The highest BCUT2D eigenvalue weighted by molar-refractivity contribution is 7.91. The van der Waals surface area contributed by atoms with E-state index in [-0.39, 0.29) is 60.0 Å². The molecule has 0 bridgehead atoms. The topological polar surface area (TPSA) is 152 Å². The maximum Gasteiger partial charge on any atom is 0.410 e. The molecule has 2 aromatic heterocycles. The van der Waals surface area contributed by atoms with Crippen molar-refractivity contribution in [3.63, 3.8) is 0 Å². The predicted molar refractivity (Wildman–Crippen MR) is 215 cm³/mol. The first-order valence-electron chi connectivity index (χ1n) is 18.3. The molecule has 1 atom stereocenters. The minimum absolute atomic E-state index is 0.0125. The Bertz CT molecular complexity index is 2210. The lowest BCUT2D eigenvalue weighted by atomic mass is 10.0. The van der Waals surface area contributed by atoms with Crippen LogP contribution in [0.25, 0.3) is 22.4 Å². The monoisotopic (exact) mass is 826 g/mol. The fourth-order valence-corrected chi connectivity index (χ4v) is 8.80. The summed E-state index contributed by atoms with van der Waals surface area (Å²) in [6, 6.07) is 13.9. The number of benzene rings is 2. The van der Waals surface area contributed by atoms with Gasteiger partial charge in [-0.3, -0.25) is 9.78 Å². The highest BCUT2D eigenvalue weighted by atomic mass is 35.5. The van der Waals surface area contributed by atoms with Gasteiger partial charge in [0.15, 0.2) is 11.6 Å². The summed E-state index contributed by atoms with van der Waals surface area (Å²) < 4.78 is 50.7. The standard InChI is InChI=1S/C40H45Cl2FN6O6S/c1-40(2,3)55-39(51)49(23-28-10-11-33(50)47-28)22-26-9-8-24(20-32(26)54-4)37-35(42)30(13-17-44-37)29-6-5-7-31(34(29)41)48-38-36(43)25(12-16-45-38)21-46-27-14-18-56(52,53)19-15-27/h5-9,12-13,16-17,20,27-28,46H,10-11,14-15,18-19,21-23H2,1-4H3,(H,45,48)(H,47,50)/t28-/m0/s1. The van der Waals surface area contributed by atoms with E-state index < -0.39 is 27.3 Å². The molecule has 12 nitrogen and oxygen atoms in total. The molecule has 2 aliphatic rings. The third kappa shape index (κ3) is 10.1. The number of nitrogens with zero attached hydrogens (tertiary/aromatic N) is 3. The quantitative estimate of drug-likeness (QED) is 0.130. The van der Waals surface area contributed by atoms with Crippen molar-refractivity contribution in [1.29, 1.82) is 0 Å². The van der Waals surface area contributed by atoms with E-state index >= 15 is 4.39 Å². The molecule has 0 radical (unpaired) electrons. The number of hydrogen-bond donors (Lipinski definition) is 3. The molecule has 56 heavy (non-hydrogen) atoms. The van der Waals surface area contributed by atoms with Crippen molar-refractivity contribution in [3.05, 3.63) is 87.9 Å². The molecule has 0 aliphatic carbocycles. The Morgan fingerprint density at radius 3 is 2.43 bits per heavy atom. The van der Waals surface area contributed by atoms with Crippen molar-refractivity contribution in [2.75, 3.05) is 30.5 Å². The molecule has 2 saturated heterocycles. The average Bonchev–Trinajstić information content (AvgIpc) is 3.56. The number of amides is 2. The largest absolute Gasteiger partial charge is 0.496 e. The molecule has 298 valence electrons. The van der Waals surface area contributed by atoms with E-state index in [9.17, 15) is 18.0 Å². The summed E-state index contributed by atoms with van der Waals surface area (Å²) in [5.74, 6) is 0.130. The number of carbonyl (C=O) groups is 2. The molecule has 2 fully saturated rings. The molecule has 2 aromatic carbocycles. The first kappa shape index (κ1) is 41.1. The first-order chi connectivity index (χ1) is 26.6. The van der Waals surface area contributed by atoms with Crippen molar-refractivity contribution in [3.8, 4) is 28.1 Å². The molecule has 2 aliphatic heterocycles. The van der Waals surface area contributed by atoms with Crippen LogP contribution in [-0.4, -0.2) is 78.1 Å². The zero-order valence-electron chi connectivity index (χ0n) is 31.6. The van der Waals surface area contributed by atoms with Crippen molar-refractivity contribution in [1.82, 2.24) is 25.5 Å². The van der Waals surface area contributed by atoms with Gasteiger partial charge in [-0.15, -0.1) is 0 Å². The number of aromatic nitrogens is 2. The first-order valence-corrected chi connectivity index (χ1v) is 20.9. The molecule has 3 N–H and O–H groups in total. The molecule has 6 rings (SSSR count). The number of methoxy groups -OCH3 is 1. The molecule has 0 spiro atoms. The minimum Gasteiger partial charge on any atom is -0.496 e. The number of anilines is 2. The smallest absolute Gasteiger partial charge is 0.410 e. The van der Waals surface area contributed by atoms with Gasteiger partial charge in [0.05, 0.1) is 46.6 Å². The Balaban J connectivity index is 1.21. The average molecular weight is 828 g/mol. The van der Waals surface area contributed by atoms with Gasteiger partial charge in [0, 0.05) is 71.8 Å². The summed E-state index contributed by atoms with van der Waals surface area (Å²) in [7, 11) is -1.46. The van der Waals surface area contributed by atoms with E-state index in [1.807, 2.05) is 12.1 Å². The van der Waals surface area contributed by atoms with E-state index in [2.05, 4.69) is 25.9 Å². The number of halogens is 3. The second kappa shape index (κ2) is 17.3. The minimum atomic E-state index is -3.00. The molecular formula is C40H45Cl2FN6O6S. The number of ether oxygens (including phenoxy) is 2. The molecular weight excluding hydrogens is 782 g/mol. The van der Waals surface area contributed by atoms with Gasteiger partial charge in [0.25, 0.3) is 0 Å². The van der Waals surface area contributed by atoms with E-state index in [0.29, 0.717) is 75.7 Å². The van der Waals surface area contributed by atoms with Crippen LogP contribution in [-0.2, 0) is 32.5 Å². The van der Waals surface area contributed by atoms with Crippen molar-refractivity contribution in [2.24, 2.45) is 0 Å². The normalized spacial score (nSPS) is 17.0. The Labute approximate surface area is 336 Å². The molecule has 0 saturated carbocycles. The Hall–Kier alpha value is -4.50. The van der Waals surface area contributed by atoms with Gasteiger partial charge in [-0.1, -0.05) is 47.5 Å². The maximum absolute atomic E-state index is 15.7. The summed E-state index contributed by atoms with van der Waals surface area (Å²) in [6.45, 7) is 6.06.